The Hall–Kier alpha value is -1.17. The molecule has 5 nitrogen and oxygen atoms in total. The van der Waals surface area contributed by atoms with E-state index < -0.39 is 24.2 Å². The Morgan fingerprint density at radius 2 is 0.719 bits per heavy atom. The highest BCUT2D eigenvalue weighted by Gasteiger charge is 2.23. The molecule has 0 aromatic rings. The number of hydrogen-bond donors (Lipinski definition) is 4. The van der Waals surface area contributed by atoms with E-state index in [4.69, 9.17) is 0 Å². The number of carbonyl (C=O) groups is 1. The molecule has 0 bridgehead atoms. The van der Waals surface area contributed by atoms with Crippen molar-refractivity contribution in [3.05, 3.63) is 24.3 Å². The Morgan fingerprint density at radius 1 is 0.421 bits per heavy atom. The van der Waals surface area contributed by atoms with Crippen LogP contribution in [0.15, 0.2) is 24.3 Å². The highest BCUT2D eigenvalue weighted by molar-refractivity contribution is 5.80. The summed E-state index contributed by atoms with van der Waals surface area (Å²) in [6.07, 6.45) is 59.2. The van der Waals surface area contributed by atoms with Gasteiger partial charge in [-0.1, -0.05) is 256 Å². The predicted octanol–water partition coefficient (Wildman–Crippen LogP) is 15.3. The molecule has 338 valence electrons. The van der Waals surface area contributed by atoms with Crippen molar-refractivity contribution < 1.29 is 20.1 Å². The fourth-order valence-corrected chi connectivity index (χ4v) is 8.05. The first kappa shape index (κ1) is 55.8. The Bertz CT molecular complexity index is 844. The third-order valence-electron chi connectivity index (χ3n) is 12.1. The first-order valence-corrected chi connectivity index (χ1v) is 25.6. The molecule has 0 rings (SSSR count). The summed E-state index contributed by atoms with van der Waals surface area (Å²) in [6, 6.07) is -0.709. The summed E-state index contributed by atoms with van der Waals surface area (Å²) in [4.78, 5) is 12.5. The average molecular weight is 804 g/mol. The lowest BCUT2D eigenvalue weighted by Crippen LogP contribution is -2.49. The lowest BCUT2D eigenvalue weighted by molar-refractivity contribution is -0.131. The fourth-order valence-electron chi connectivity index (χ4n) is 8.05. The van der Waals surface area contributed by atoms with Gasteiger partial charge in [-0.25, -0.2) is 0 Å². The molecule has 0 aliphatic rings. The van der Waals surface area contributed by atoms with Crippen LogP contribution in [0.4, 0.5) is 0 Å². The second-order valence-electron chi connectivity index (χ2n) is 17.7. The molecular formula is C52H101NO4. The molecule has 0 saturated carbocycles. The second kappa shape index (κ2) is 47.5. The Kier molecular flexibility index (Phi) is 46.5. The van der Waals surface area contributed by atoms with E-state index in [0.717, 1.165) is 38.5 Å². The van der Waals surface area contributed by atoms with Gasteiger partial charge in [-0.05, 0) is 44.9 Å². The van der Waals surface area contributed by atoms with Gasteiger partial charge < -0.3 is 20.6 Å². The molecule has 1 amide bonds. The number of allylic oxidation sites excluding steroid dienone is 4. The van der Waals surface area contributed by atoms with E-state index in [2.05, 4.69) is 43.5 Å². The van der Waals surface area contributed by atoms with Gasteiger partial charge in [-0.3, -0.25) is 4.79 Å². The van der Waals surface area contributed by atoms with Crippen LogP contribution in [0.3, 0.4) is 0 Å². The zero-order chi connectivity index (χ0) is 41.5. The van der Waals surface area contributed by atoms with Crippen molar-refractivity contribution in [3.8, 4) is 0 Å². The van der Waals surface area contributed by atoms with Crippen LogP contribution in [0.25, 0.3) is 0 Å². The van der Waals surface area contributed by atoms with Crippen molar-refractivity contribution in [1.82, 2.24) is 5.32 Å². The predicted molar refractivity (Wildman–Crippen MR) is 250 cm³/mol. The lowest BCUT2D eigenvalue weighted by atomic mass is 10.0. The molecule has 0 heterocycles. The number of rotatable bonds is 47. The van der Waals surface area contributed by atoms with Gasteiger partial charge in [0.05, 0.1) is 18.8 Å². The molecule has 0 saturated heterocycles. The van der Waals surface area contributed by atoms with E-state index in [-0.39, 0.29) is 6.61 Å². The van der Waals surface area contributed by atoms with E-state index >= 15 is 0 Å². The Labute approximate surface area is 356 Å². The van der Waals surface area contributed by atoms with Crippen molar-refractivity contribution in [2.45, 2.75) is 295 Å². The molecule has 0 aliphatic heterocycles. The molecule has 0 aromatic carbocycles. The first-order chi connectivity index (χ1) is 28.1. The van der Waals surface area contributed by atoms with Crippen LogP contribution in [0.1, 0.15) is 277 Å². The maximum Gasteiger partial charge on any atom is 0.249 e. The summed E-state index contributed by atoms with van der Waals surface area (Å²) in [7, 11) is 0. The number of amides is 1. The molecule has 4 N–H and O–H groups in total. The molecule has 0 fully saturated rings. The summed E-state index contributed by atoms with van der Waals surface area (Å²) in [5.74, 6) is -0.469. The Balaban J connectivity index is 3.52. The number of unbranched alkanes of at least 4 members (excludes halogenated alkanes) is 35. The van der Waals surface area contributed by atoms with Gasteiger partial charge >= 0.3 is 0 Å². The third-order valence-corrected chi connectivity index (χ3v) is 12.1. The molecule has 0 aromatic heterocycles. The third kappa shape index (κ3) is 42.8. The minimum absolute atomic E-state index is 0.311. The zero-order valence-corrected chi connectivity index (χ0v) is 38.5. The van der Waals surface area contributed by atoms with Crippen LogP contribution in [0, 0.1) is 0 Å². The van der Waals surface area contributed by atoms with Gasteiger partial charge in [0.25, 0.3) is 0 Å². The summed E-state index contributed by atoms with van der Waals surface area (Å²) in [5, 5.41) is 33.4. The molecule has 3 atom stereocenters. The second-order valence-corrected chi connectivity index (χ2v) is 17.7. The van der Waals surface area contributed by atoms with Gasteiger partial charge in [-0.2, -0.15) is 0 Å². The quantitative estimate of drug-likeness (QED) is 0.0364. The summed E-state index contributed by atoms with van der Waals surface area (Å²) < 4.78 is 0. The van der Waals surface area contributed by atoms with Gasteiger partial charge in [0.1, 0.15) is 6.10 Å². The normalized spacial score (nSPS) is 13.6. The monoisotopic (exact) mass is 804 g/mol. The minimum atomic E-state index is -1.07. The molecule has 0 spiro atoms. The first-order valence-electron chi connectivity index (χ1n) is 25.6. The topological polar surface area (TPSA) is 89.8 Å². The smallest absolute Gasteiger partial charge is 0.249 e. The standard InChI is InChI=1S/C52H101NO4/c1-3-5-7-9-11-13-15-17-18-19-20-21-22-23-24-25-26-27-28-29-30-31-32-33-35-37-39-41-43-45-47-51(56)52(57)53-49(48-54)50(55)46-44-42-40-38-36-34-16-14-12-10-8-6-4-2/h20-21,23-24,49-51,54-56H,3-19,22,25-48H2,1-2H3,(H,53,57)/b21-20-,24-23-. The number of aliphatic hydroxyl groups is 3. The van der Waals surface area contributed by atoms with E-state index in [1.54, 1.807) is 0 Å². The van der Waals surface area contributed by atoms with Gasteiger partial charge in [-0.15, -0.1) is 0 Å². The summed E-state index contributed by atoms with van der Waals surface area (Å²) in [5.41, 5.74) is 0. The van der Waals surface area contributed by atoms with Crippen LogP contribution in [-0.2, 0) is 4.79 Å². The summed E-state index contributed by atoms with van der Waals surface area (Å²) in [6.45, 7) is 4.24. The molecule has 5 heteroatoms. The van der Waals surface area contributed by atoms with Gasteiger partial charge in [0.15, 0.2) is 0 Å². The molecule has 57 heavy (non-hydrogen) atoms. The van der Waals surface area contributed by atoms with Crippen LogP contribution in [0.5, 0.6) is 0 Å². The molecular weight excluding hydrogens is 703 g/mol. The van der Waals surface area contributed by atoms with E-state index in [9.17, 15) is 20.1 Å². The number of hydrogen-bond acceptors (Lipinski definition) is 4. The van der Waals surface area contributed by atoms with Crippen LogP contribution < -0.4 is 5.32 Å². The van der Waals surface area contributed by atoms with Crippen molar-refractivity contribution >= 4 is 5.91 Å². The van der Waals surface area contributed by atoms with Crippen LogP contribution >= 0.6 is 0 Å². The number of carbonyl (C=O) groups excluding carboxylic acids is 1. The molecule has 0 radical (unpaired) electrons. The van der Waals surface area contributed by atoms with Crippen molar-refractivity contribution in [1.29, 1.82) is 0 Å². The van der Waals surface area contributed by atoms with Crippen molar-refractivity contribution in [2.75, 3.05) is 6.61 Å². The SMILES string of the molecule is CCCCCCCCCCC/C=C\C/C=C\CCCCCCCCCCCCCCCCC(O)C(=O)NC(CO)C(O)CCCCCCCCCCCCCCC. The van der Waals surface area contributed by atoms with Crippen molar-refractivity contribution in [2.24, 2.45) is 0 Å². The lowest BCUT2D eigenvalue weighted by Gasteiger charge is -2.23. The molecule has 3 unspecified atom stereocenters. The van der Waals surface area contributed by atoms with Crippen LogP contribution in [-0.4, -0.2) is 46.1 Å². The summed E-state index contributed by atoms with van der Waals surface area (Å²) >= 11 is 0. The zero-order valence-electron chi connectivity index (χ0n) is 38.5. The maximum absolute atomic E-state index is 12.5. The largest absolute Gasteiger partial charge is 0.394 e. The van der Waals surface area contributed by atoms with E-state index in [1.807, 2.05) is 0 Å². The highest BCUT2D eigenvalue weighted by atomic mass is 16.3. The minimum Gasteiger partial charge on any atom is -0.394 e. The van der Waals surface area contributed by atoms with Gasteiger partial charge in [0, 0.05) is 0 Å². The number of aliphatic hydroxyl groups excluding tert-OH is 3. The fraction of sp³-hybridized carbons (Fsp3) is 0.904. The van der Waals surface area contributed by atoms with Gasteiger partial charge in [0.2, 0.25) is 5.91 Å². The Morgan fingerprint density at radius 3 is 1.05 bits per heavy atom. The van der Waals surface area contributed by atoms with Crippen LogP contribution in [0.2, 0.25) is 0 Å². The highest BCUT2D eigenvalue weighted by Crippen LogP contribution is 2.17. The maximum atomic E-state index is 12.5. The van der Waals surface area contributed by atoms with E-state index in [0.29, 0.717) is 12.8 Å². The average Bonchev–Trinajstić information content (AvgIpc) is 3.22. The number of nitrogens with one attached hydrogen (secondary N) is 1. The molecule has 0 aliphatic carbocycles. The van der Waals surface area contributed by atoms with Crippen molar-refractivity contribution in [3.63, 3.8) is 0 Å². The van der Waals surface area contributed by atoms with E-state index in [1.165, 1.54) is 212 Å².